The standard InChI is InChI=1S/C11H16N4O3S2/c1-6-9(19-10(16)12-6)20(17,18)15-8-5-7(13-14-8)11(2,3)4/h5H,1-4H3,(H,12,16)(H2,13,14,15). The minimum Gasteiger partial charge on any atom is -0.315 e. The van der Waals surface area contributed by atoms with Crippen LogP contribution in [0.1, 0.15) is 32.2 Å². The molecule has 2 rings (SSSR count). The second-order valence-corrected chi connectivity index (χ2v) is 8.31. The molecule has 0 aromatic carbocycles. The van der Waals surface area contributed by atoms with Gasteiger partial charge in [0, 0.05) is 22.9 Å². The molecule has 20 heavy (non-hydrogen) atoms. The van der Waals surface area contributed by atoms with Crippen LogP contribution < -0.4 is 9.60 Å². The monoisotopic (exact) mass is 316 g/mol. The highest BCUT2D eigenvalue weighted by Gasteiger charge is 2.23. The number of aryl methyl sites for hydroxylation is 1. The Morgan fingerprint density at radius 2 is 2.00 bits per heavy atom. The lowest BCUT2D eigenvalue weighted by Gasteiger charge is -2.14. The molecule has 0 aliphatic heterocycles. The quantitative estimate of drug-likeness (QED) is 0.798. The Balaban J connectivity index is 2.32. The van der Waals surface area contributed by atoms with E-state index < -0.39 is 14.9 Å². The van der Waals surface area contributed by atoms with Crippen molar-refractivity contribution in [3.63, 3.8) is 0 Å². The average molecular weight is 316 g/mol. The van der Waals surface area contributed by atoms with Crippen LogP contribution in [-0.4, -0.2) is 23.6 Å². The number of H-pyrrole nitrogens is 2. The van der Waals surface area contributed by atoms with E-state index in [0.717, 1.165) is 5.69 Å². The fourth-order valence-corrected chi connectivity index (χ4v) is 3.88. The lowest BCUT2D eigenvalue weighted by molar-refractivity contribution is 0.567. The molecule has 0 saturated carbocycles. The molecule has 2 aromatic heterocycles. The summed E-state index contributed by atoms with van der Waals surface area (Å²) in [6.45, 7) is 7.50. The van der Waals surface area contributed by atoms with Crippen molar-refractivity contribution >= 4 is 27.2 Å². The maximum absolute atomic E-state index is 12.2. The van der Waals surface area contributed by atoms with E-state index in [1.807, 2.05) is 20.8 Å². The first kappa shape index (κ1) is 14.8. The maximum atomic E-state index is 12.2. The van der Waals surface area contributed by atoms with Crippen LogP contribution in [0.4, 0.5) is 5.82 Å². The molecule has 0 fully saturated rings. The number of anilines is 1. The molecule has 0 radical (unpaired) electrons. The van der Waals surface area contributed by atoms with Gasteiger partial charge >= 0.3 is 4.87 Å². The van der Waals surface area contributed by atoms with Crippen molar-refractivity contribution < 1.29 is 8.42 Å². The van der Waals surface area contributed by atoms with Gasteiger partial charge < -0.3 is 4.98 Å². The molecule has 7 nitrogen and oxygen atoms in total. The van der Waals surface area contributed by atoms with Gasteiger partial charge in [0.1, 0.15) is 0 Å². The Kier molecular flexibility index (Phi) is 3.51. The number of hydrogen-bond donors (Lipinski definition) is 3. The molecule has 0 aliphatic carbocycles. The number of nitrogens with zero attached hydrogens (tertiary/aromatic N) is 1. The lowest BCUT2D eigenvalue weighted by atomic mass is 9.92. The smallest absolute Gasteiger partial charge is 0.306 e. The molecule has 0 saturated heterocycles. The normalized spacial score (nSPS) is 12.6. The molecule has 2 aromatic rings. The van der Waals surface area contributed by atoms with Crippen LogP contribution in [0.15, 0.2) is 15.1 Å². The van der Waals surface area contributed by atoms with Gasteiger partial charge in [-0.05, 0) is 6.92 Å². The second kappa shape index (κ2) is 4.74. The van der Waals surface area contributed by atoms with Crippen LogP contribution in [0.5, 0.6) is 0 Å². The zero-order chi connectivity index (χ0) is 15.1. The van der Waals surface area contributed by atoms with E-state index in [4.69, 9.17) is 0 Å². The third-order valence-electron chi connectivity index (χ3n) is 2.65. The fraction of sp³-hybridized carbons (Fsp3) is 0.455. The zero-order valence-electron chi connectivity index (χ0n) is 11.6. The first-order chi connectivity index (χ1) is 9.09. The minimum absolute atomic E-state index is 0.0252. The summed E-state index contributed by atoms with van der Waals surface area (Å²) in [5.41, 5.74) is 0.971. The first-order valence-electron chi connectivity index (χ1n) is 5.88. The number of aromatic amines is 2. The van der Waals surface area contributed by atoms with Gasteiger partial charge in [-0.1, -0.05) is 32.1 Å². The van der Waals surface area contributed by atoms with E-state index >= 15 is 0 Å². The molecule has 3 N–H and O–H groups in total. The van der Waals surface area contributed by atoms with Gasteiger partial charge in [-0.3, -0.25) is 14.6 Å². The number of thiazole rings is 1. The molecule has 0 bridgehead atoms. The van der Waals surface area contributed by atoms with E-state index in [-0.39, 0.29) is 15.4 Å². The van der Waals surface area contributed by atoms with Crippen LogP contribution in [0.3, 0.4) is 0 Å². The summed E-state index contributed by atoms with van der Waals surface area (Å²) in [6.07, 6.45) is 0. The fourth-order valence-electron chi connectivity index (χ4n) is 1.59. The molecule has 2 heterocycles. The largest absolute Gasteiger partial charge is 0.315 e. The summed E-state index contributed by atoms with van der Waals surface area (Å²) in [5, 5.41) is 6.73. The molecule has 9 heteroatoms. The number of aromatic nitrogens is 3. The number of sulfonamides is 1. The van der Waals surface area contributed by atoms with Gasteiger partial charge in [0.2, 0.25) is 0 Å². The average Bonchev–Trinajstić information content (AvgIpc) is 2.84. The molecule has 0 atom stereocenters. The van der Waals surface area contributed by atoms with Crippen molar-refractivity contribution in [3.8, 4) is 0 Å². The summed E-state index contributed by atoms with van der Waals surface area (Å²) in [6, 6.07) is 1.64. The molecule has 0 amide bonds. The van der Waals surface area contributed by atoms with E-state index in [1.165, 1.54) is 6.92 Å². The van der Waals surface area contributed by atoms with E-state index in [1.54, 1.807) is 6.07 Å². The summed E-state index contributed by atoms with van der Waals surface area (Å²) in [4.78, 5) is 13.2. The van der Waals surface area contributed by atoms with Crippen molar-refractivity contribution in [2.45, 2.75) is 37.3 Å². The van der Waals surface area contributed by atoms with Crippen LogP contribution in [0.2, 0.25) is 0 Å². The van der Waals surface area contributed by atoms with Crippen molar-refractivity contribution in [2.75, 3.05) is 4.72 Å². The number of nitrogens with one attached hydrogen (secondary N) is 3. The Morgan fingerprint density at radius 3 is 2.45 bits per heavy atom. The first-order valence-corrected chi connectivity index (χ1v) is 8.18. The molecular weight excluding hydrogens is 300 g/mol. The van der Waals surface area contributed by atoms with Crippen LogP contribution in [-0.2, 0) is 15.4 Å². The highest BCUT2D eigenvalue weighted by atomic mass is 32.2. The molecule has 0 unspecified atom stereocenters. The summed E-state index contributed by atoms with van der Waals surface area (Å²) >= 11 is 0.653. The predicted molar refractivity (Wildman–Crippen MR) is 77.8 cm³/mol. The number of rotatable bonds is 3. The Bertz CT molecular complexity index is 777. The van der Waals surface area contributed by atoms with Crippen LogP contribution in [0, 0.1) is 6.92 Å². The molecule has 0 aliphatic rings. The van der Waals surface area contributed by atoms with Gasteiger partial charge in [-0.2, -0.15) is 5.10 Å². The van der Waals surface area contributed by atoms with E-state index in [2.05, 4.69) is 19.9 Å². The second-order valence-electron chi connectivity index (χ2n) is 5.45. The van der Waals surface area contributed by atoms with Gasteiger partial charge in [0.25, 0.3) is 10.0 Å². The SMILES string of the molecule is Cc1[nH]c(=O)sc1S(=O)(=O)Nc1cc(C(C)(C)C)[nH]n1. The van der Waals surface area contributed by atoms with Gasteiger partial charge in [-0.15, -0.1) is 0 Å². The predicted octanol–water partition coefficient (Wildman–Crippen LogP) is 1.57. The number of hydrogen-bond acceptors (Lipinski definition) is 5. The molecule has 110 valence electrons. The van der Waals surface area contributed by atoms with Crippen molar-refractivity contribution in [1.82, 2.24) is 15.2 Å². The third-order valence-corrected chi connectivity index (χ3v) is 5.61. The minimum atomic E-state index is -3.80. The third kappa shape index (κ3) is 2.93. The highest BCUT2D eigenvalue weighted by molar-refractivity contribution is 7.94. The van der Waals surface area contributed by atoms with Crippen LogP contribution in [0.25, 0.3) is 0 Å². The Morgan fingerprint density at radius 1 is 1.35 bits per heavy atom. The maximum Gasteiger partial charge on any atom is 0.306 e. The van der Waals surface area contributed by atoms with E-state index in [9.17, 15) is 13.2 Å². The summed E-state index contributed by atoms with van der Waals surface area (Å²) in [7, 11) is -3.80. The summed E-state index contributed by atoms with van der Waals surface area (Å²) in [5.74, 6) is 0.204. The zero-order valence-corrected chi connectivity index (χ0v) is 13.2. The Hall–Kier alpha value is -1.61. The highest BCUT2D eigenvalue weighted by Crippen LogP contribution is 2.24. The van der Waals surface area contributed by atoms with Crippen molar-refractivity contribution in [3.05, 3.63) is 27.1 Å². The van der Waals surface area contributed by atoms with E-state index in [0.29, 0.717) is 17.0 Å². The summed E-state index contributed by atoms with van der Waals surface area (Å²) < 4.78 is 26.7. The molecule has 0 spiro atoms. The Labute approximate surface area is 120 Å². The van der Waals surface area contributed by atoms with Crippen LogP contribution >= 0.6 is 11.3 Å². The topological polar surface area (TPSA) is 108 Å². The molecular formula is C11H16N4O3S2. The van der Waals surface area contributed by atoms with Crippen molar-refractivity contribution in [2.24, 2.45) is 0 Å². The van der Waals surface area contributed by atoms with Gasteiger partial charge in [0.15, 0.2) is 10.0 Å². The van der Waals surface area contributed by atoms with Gasteiger partial charge in [0.05, 0.1) is 0 Å². The van der Waals surface area contributed by atoms with Gasteiger partial charge in [-0.25, -0.2) is 8.42 Å². The lowest BCUT2D eigenvalue weighted by Crippen LogP contribution is -2.13. The van der Waals surface area contributed by atoms with Crippen molar-refractivity contribution in [1.29, 1.82) is 0 Å².